The molecular weight excluding hydrogens is 305 g/mol. The Morgan fingerprint density at radius 1 is 1.04 bits per heavy atom. The maximum absolute atomic E-state index is 12.9. The molecule has 0 aliphatic heterocycles. The summed E-state index contributed by atoms with van der Waals surface area (Å²) in [7, 11) is 0. The topological polar surface area (TPSA) is 47.0 Å². The van der Waals surface area contributed by atoms with Crippen molar-refractivity contribution in [2.45, 2.75) is 18.9 Å². The molecule has 1 aliphatic rings. The standard InChI is InChI=1S/C19H16FN3O/c20-14-6-8-15(9-7-14)24-18-11-12-21-19(23-18)22-17-10-5-13-3-1-2-4-16(13)17/h1-4,6-9,11-12,17H,5,10H2,(H,21,22,23). The van der Waals surface area contributed by atoms with Gasteiger partial charge in [-0.2, -0.15) is 4.98 Å². The zero-order chi connectivity index (χ0) is 16.4. The highest BCUT2D eigenvalue weighted by molar-refractivity contribution is 5.41. The third kappa shape index (κ3) is 3.06. The molecule has 1 atom stereocenters. The summed E-state index contributed by atoms with van der Waals surface area (Å²) in [6.45, 7) is 0. The maximum Gasteiger partial charge on any atom is 0.226 e. The van der Waals surface area contributed by atoms with Gasteiger partial charge in [0.25, 0.3) is 0 Å². The third-order valence-electron chi connectivity index (χ3n) is 4.10. The van der Waals surface area contributed by atoms with Gasteiger partial charge < -0.3 is 10.1 Å². The van der Waals surface area contributed by atoms with Crippen LogP contribution in [0.3, 0.4) is 0 Å². The summed E-state index contributed by atoms with van der Waals surface area (Å²) in [5.41, 5.74) is 2.67. The molecule has 24 heavy (non-hydrogen) atoms. The Morgan fingerprint density at radius 3 is 2.75 bits per heavy atom. The van der Waals surface area contributed by atoms with E-state index in [-0.39, 0.29) is 11.9 Å². The number of rotatable bonds is 4. The van der Waals surface area contributed by atoms with Crippen molar-refractivity contribution >= 4 is 5.95 Å². The molecule has 3 aromatic rings. The number of hydrogen-bond donors (Lipinski definition) is 1. The summed E-state index contributed by atoms with van der Waals surface area (Å²) >= 11 is 0. The molecule has 0 radical (unpaired) electrons. The van der Waals surface area contributed by atoms with Gasteiger partial charge in [-0.15, -0.1) is 0 Å². The van der Waals surface area contributed by atoms with Crippen molar-refractivity contribution < 1.29 is 9.13 Å². The number of anilines is 1. The van der Waals surface area contributed by atoms with Gasteiger partial charge in [-0.25, -0.2) is 9.37 Å². The number of nitrogens with zero attached hydrogens (tertiary/aromatic N) is 2. The number of hydrogen-bond acceptors (Lipinski definition) is 4. The molecule has 0 fully saturated rings. The van der Waals surface area contributed by atoms with E-state index in [9.17, 15) is 4.39 Å². The first-order valence-corrected chi connectivity index (χ1v) is 7.89. The number of halogens is 1. The number of nitrogens with one attached hydrogen (secondary N) is 1. The second kappa shape index (κ2) is 6.28. The van der Waals surface area contributed by atoms with Crippen molar-refractivity contribution in [1.29, 1.82) is 0 Å². The second-order valence-electron chi connectivity index (χ2n) is 5.71. The van der Waals surface area contributed by atoms with Crippen LogP contribution in [0.1, 0.15) is 23.6 Å². The Morgan fingerprint density at radius 2 is 1.88 bits per heavy atom. The Balaban J connectivity index is 1.50. The first kappa shape index (κ1) is 14.6. The monoisotopic (exact) mass is 321 g/mol. The van der Waals surface area contributed by atoms with Crippen LogP contribution >= 0.6 is 0 Å². The minimum absolute atomic E-state index is 0.210. The summed E-state index contributed by atoms with van der Waals surface area (Å²) in [6.07, 6.45) is 3.72. The molecule has 0 bridgehead atoms. The van der Waals surface area contributed by atoms with Crippen LogP contribution in [-0.4, -0.2) is 9.97 Å². The molecule has 0 saturated heterocycles. The molecule has 1 unspecified atom stereocenters. The Labute approximate surface area is 139 Å². The molecular formula is C19H16FN3O. The van der Waals surface area contributed by atoms with E-state index in [0.29, 0.717) is 17.6 Å². The molecule has 0 saturated carbocycles. The van der Waals surface area contributed by atoms with Gasteiger partial charge in [-0.05, 0) is 48.2 Å². The minimum atomic E-state index is -0.299. The molecule has 1 heterocycles. The van der Waals surface area contributed by atoms with Gasteiger partial charge in [0, 0.05) is 12.3 Å². The van der Waals surface area contributed by atoms with Gasteiger partial charge in [0.05, 0.1) is 6.04 Å². The van der Waals surface area contributed by atoms with Crippen LogP contribution in [-0.2, 0) is 6.42 Å². The summed E-state index contributed by atoms with van der Waals surface area (Å²) in [4.78, 5) is 8.66. The molecule has 0 spiro atoms. The molecule has 120 valence electrons. The van der Waals surface area contributed by atoms with E-state index in [4.69, 9.17) is 4.74 Å². The Bertz CT molecular complexity index is 851. The van der Waals surface area contributed by atoms with Crippen LogP contribution in [0.25, 0.3) is 0 Å². The number of benzene rings is 2. The summed E-state index contributed by atoms with van der Waals surface area (Å²) in [5, 5.41) is 3.37. The molecule has 0 amide bonds. The van der Waals surface area contributed by atoms with E-state index in [1.54, 1.807) is 24.4 Å². The zero-order valence-electron chi connectivity index (χ0n) is 12.9. The fourth-order valence-corrected chi connectivity index (χ4v) is 2.95. The lowest BCUT2D eigenvalue weighted by atomic mass is 10.1. The highest BCUT2D eigenvalue weighted by Crippen LogP contribution is 2.33. The minimum Gasteiger partial charge on any atom is -0.439 e. The predicted molar refractivity (Wildman–Crippen MR) is 89.6 cm³/mol. The number of ether oxygens (including phenoxy) is 1. The van der Waals surface area contributed by atoms with Crippen LogP contribution < -0.4 is 10.1 Å². The van der Waals surface area contributed by atoms with Crippen molar-refractivity contribution in [1.82, 2.24) is 9.97 Å². The molecule has 1 N–H and O–H groups in total. The summed E-state index contributed by atoms with van der Waals surface area (Å²) in [5.74, 6) is 1.18. The SMILES string of the molecule is Fc1ccc(Oc2ccnc(NC3CCc4ccccc43)n2)cc1. The van der Waals surface area contributed by atoms with E-state index < -0.39 is 0 Å². The van der Waals surface area contributed by atoms with Crippen molar-refractivity contribution in [3.05, 3.63) is 77.7 Å². The highest BCUT2D eigenvalue weighted by atomic mass is 19.1. The quantitative estimate of drug-likeness (QED) is 0.768. The van der Waals surface area contributed by atoms with Gasteiger partial charge in [-0.3, -0.25) is 0 Å². The van der Waals surface area contributed by atoms with Crippen LogP contribution in [0.2, 0.25) is 0 Å². The first-order chi connectivity index (χ1) is 11.8. The Kier molecular flexibility index (Phi) is 3.83. The molecule has 4 nitrogen and oxygen atoms in total. The predicted octanol–water partition coefficient (Wildman–Crippen LogP) is 4.51. The normalized spacial score (nSPS) is 15.8. The second-order valence-corrected chi connectivity index (χ2v) is 5.71. The molecule has 1 aliphatic carbocycles. The molecule has 1 aromatic heterocycles. The average molecular weight is 321 g/mol. The first-order valence-electron chi connectivity index (χ1n) is 7.89. The summed E-state index contributed by atoms with van der Waals surface area (Å²) in [6, 6.07) is 16.1. The fraction of sp³-hybridized carbons (Fsp3) is 0.158. The number of fused-ring (bicyclic) bond motifs is 1. The largest absolute Gasteiger partial charge is 0.439 e. The lowest BCUT2D eigenvalue weighted by Gasteiger charge is -2.14. The van der Waals surface area contributed by atoms with E-state index in [1.165, 1.54) is 23.3 Å². The van der Waals surface area contributed by atoms with Crippen molar-refractivity contribution in [2.75, 3.05) is 5.32 Å². The van der Waals surface area contributed by atoms with Gasteiger partial charge >= 0.3 is 0 Å². The number of aryl methyl sites for hydroxylation is 1. The molecule has 2 aromatic carbocycles. The van der Waals surface area contributed by atoms with Crippen molar-refractivity contribution in [3.63, 3.8) is 0 Å². The fourth-order valence-electron chi connectivity index (χ4n) is 2.95. The van der Waals surface area contributed by atoms with Crippen LogP contribution in [0.4, 0.5) is 10.3 Å². The van der Waals surface area contributed by atoms with Crippen molar-refractivity contribution in [3.8, 4) is 11.6 Å². The van der Waals surface area contributed by atoms with E-state index in [0.717, 1.165) is 12.8 Å². The lowest BCUT2D eigenvalue weighted by Crippen LogP contribution is -2.10. The zero-order valence-corrected chi connectivity index (χ0v) is 12.9. The van der Waals surface area contributed by atoms with Crippen LogP contribution in [0.5, 0.6) is 11.6 Å². The Hall–Kier alpha value is -2.95. The van der Waals surface area contributed by atoms with E-state index in [1.807, 2.05) is 6.07 Å². The van der Waals surface area contributed by atoms with Gasteiger partial charge in [0.15, 0.2) is 0 Å². The van der Waals surface area contributed by atoms with Gasteiger partial charge in [0.1, 0.15) is 11.6 Å². The number of aromatic nitrogens is 2. The average Bonchev–Trinajstić information content (AvgIpc) is 3.01. The molecule has 4 rings (SSSR count). The smallest absolute Gasteiger partial charge is 0.226 e. The van der Waals surface area contributed by atoms with Gasteiger partial charge in [-0.1, -0.05) is 24.3 Å². The summed E-state index contributed by atoms with van der Waals surface area (Å²) < 4.78 is 18.6. The van der Waals surface area contributed by atoms with Crippen molar-refractivity contribution in [2.24, 2.45) is 0 Å². The highest BCUT2D eigenvalue weighted by Gasteiger charge is 2.22. The van der Waals surface area contributed by atoms with E-state index in [2.05, 4.69) is 33.5 Å². The third-order valence-corrected chi connectivity index (χ3v) is 4.10. The maximum atomic E-state index is 12.9. The van der Waals surface area contributed by atoms with Crippen LogP contribution in [0, 0.1) is 5.82 Å². The molecule has 5 heteroatoms. The van der Waals surface area contributed by atoms with Crippen LogP contribution in [0.15, 0.2) is 60.8 Å². The van der Waals surface area contributed by atoms with E-state index >= 15 is 0 Å². The van der Waals surface area contributed by atoms with Gasteiger partial charge in [0.2, 0.25) is 11.8 Å². The lowest BCUT2D eigenvalue weighted by molar-refractivity contribution is 0.460.